The fourth-order valence-electron chi connectivity index (χ4n) is 4.80. The number of alkyl carbamates (subject to hydrolysis) is 1. The van der Waals surface area contributed by atoms with Crippen LogP contribution in [0, 0.1) is 5.92 Å². The van der Waals surface area contributed by atoms with E-state index in [0.29, 0.717) is 32.2 Å². The number of nitrogens with zero attached hydrogens (tertiary/aromatic N) is 1. The molecule has 11 nitrogen and oxygen atoms in total. The molecule has 3 aliphatic rings. The zero-order chi connectivity index (χ0) is 26.7. The van der Waals surface area contributed by atoms with Gasteiger partial charge in [-0.05, 0) is 59.3 Å². The predicted molar refractivity (Wildman–Crippen MR) is 132 cm³/mol. The summed E-state index contributed by atoms with van der Waals surface area (Å²) in [6, 6.07) is -1.66. The molecule has 4 atom stereocenters. The van der Waals surface area contributed by atoms with Crippen molar-refractivity contribution in [3.63, 3.8) is 0 Å². The maximum atomic E-state index is 13.5. The molecule has 2 heterocycles. The molecule has 0 radical (unpaired) electrons. The van der Waals surface area contributed by atoms with Crippen molar-refractivity contribution in [3.8, 4) is 0 Å². The Morgan fingerprint density at radius 2 is 1.86 bits per heavy atom. The van der Waals surface area contributed by atoms with Crippen LogP contribution < -0.4 is 15.4 Å². The molecule has 1 saturated carbocycles. The lowest BCUT2D eigenvalue weighted by Gasteiger charge is -2.30. The Kier molecular flexibility index (Phi) is 8.37. The number of amides is 4. The van der Waals surface area contributed by atoms with E-state index in [4.69, 9.17) is 4.74 Å². The van der Waals surface area contributed by atoms with Gasteiger partial charge in [0.15, 0.2) is 0 Å². The van der Waals surface area contributed by atoms with Crippen molar-refractivity contribution in [3.05, 3.63) is 12.2 Å². The van der Waals surface area contributed by atoms with Gasteiger partial charge in [0.1, 0.15) is 23.2 Å². The topological polar surface area (TPSA) is 151 Å². The van der Waals surface area contributed by atoms with Gasteiger partial charge in [-0.15, -0.1) is 0 Å². The monoisotopic (exact) mass is 526 g/mol. The molecule has 3 N–H and O–H groups in total. The average molecular weight is 527 g/mol. The van der Waals surface area contributed by atoms with Crippen molar-refractivity contribution in [1.29, 1.82) is 0 Å². The molecule has 0 bridgehead atoms. The SMILES string of the molecule is CC(C)(C)OC(=O)N[C@H]1CCCCC/C=C\[C@@H]2C[C@@]2(C(=O)NS(C)(=O)=O)NC(=O)[C@@H]2CCCN2C1=O. The number of sulfonamides is 1. The molecule has 36 heavy (non-hydrogen) atoms. The summed E-state index contributed by atoms with van der Waals surface area (Å²) in [5.74, 6) is -1.99. The number of carbonyl (C=O) groups is 4. The second-order valence-electron chi connectivity index (χ2n) is 10.9. The van der Waals surface area contributed by atoms with Gasteiger partial charge < -0.3 is 20.3 Å². The summed E-state index contributed by atoms with van der Waals surface area (Å²) in [6.45, 7) is 5.55. The molecular weight excluding hydrogens is 488 g/mol. The number of ether oxygens (including phenoxy) is 1. The molecule has 1 aliphatic carbocycles. The third-order valence-electron chi connectivity index (χ3n) is 6.60. The molecule has 4 amide bonds. The summed E-state index contributed by atoms with van der Waals surface area (Å²) >= 11 is 0. The third kappa shape index (κ3) is 7.21. The minimum atomic E-state index is -3.82. The van der Waals surface area contributed by atoms with Crippen LogP contribution >= 0.6 is 0 Å². The summed E-state index contributed by atoms with van der Waals surface area (Å²) in [6.07, 6.45) is 8.79. The highest BCUT2D eigenvalue weighted by Gasteiger charge is 2.61. The molecule has 2 fully saturated rings. The maximum Gasteiger partial charge on any atom is 0.408 e. The van der Waals surface area contributed by atoms with Crippen LogP contribution in [0.3, 0.4) is 0 Å². The second kappa shape index (κ2) is 10.8. The highest BCUT2D eigenvalue weighted by molar-refractivity contribution is 7.89. The van der Waals surface area contributed by atoms with Crippen LogP contribution in [0.4, 0.5) is 4.79 Å². The quantitative estimate of drug-likeness (QED) is 0.470. The van der Waals surface area contributed by atoms with Crippen LogP contribution in [0.5, 0.6) is 0 Å². The fraction of sp³-hybridized carbons (Fsp3) is 0.750. The molecule has 2 aliphatic heterocycles. The minimum absolute atomic E-state index is 0.278. The lowest BCUT2D eigenvalue weighted by molar-refractivity contribution is -0.141. The molecule has 12 heteroatoms. The molecular formula is C24H38N4O7S. The van der Waals surface area contributed by atoms with E-state index >= 15 is 0 Å². The van der Waals surface area contributed by atoms with E-state index in [1.54, 1.807) is 20.8 Å². The van der Waals surface area contributed by atoms with Crippen molar-refractivity contribution in [2.75, 3.05) is 12.8 Å². The van der Waals surface area contributed by atoms with Crippen LogP contribution in [0.15, 0.2) is 12.2 Å². The first-order valence-electron chi connectivity index (χ1n) is 12.5. The van der Waals surface area contributed by atoms with Gasteiger partial charge in [-0.1, -0.05) is 25.0 Å². The van der Waals surface area contributed by atoms with Gasteiger partial charge in [0.25, 0.3) is 5.91 Å². The number of carbonyl (C=O) groups excluding carboxylic acids is 4. The van der Waals surface area contributed by atoms with Crippen molar-refractivity contribution in [1.82, 2.24) is 20.3 Å². The Bertz CT molecular complexity index is 1020. The lowest BCUT2D eigenvalue weighted by Crippen LogP contribution is -2.58. The first kappa shape index (κ1) is 27.9. The predicted octanol–water partition coefficient (Wildman–Crippen LogP) is 1.34. The number of allylic oxidation sites excluding steroid dienone is 1. The zero-order valence-electron chi connectivity index (χ0n) is 21.5. The van der Waals surface area contributed by atoms with E-state index < -0.39 is 51.2 Å². The van der Waals surface area contributed by atoms with Gasteiger partial charge in [0.2, 0.25) is 21.8 Å². The van der Waals surface area contributed by atoms with Gasteiger partial charge in [-0.25, -0.2) is 13.2 Å². The fourth-order valence-corrected chi connectivity index (χ4v) is 5.32. The highest BCUT2D eigenvalue weighted by atomic mass is 32.2. The Hall–Kier alpha value is -2.63. The van der Waals surface area contributed by atoms with E-state index in [2.05, 4.69) is 10.6 Å². The Morgan fingerprint density at radius 3 is 2.53 bits per heavy atom. The number of fused-ring (bicyclic) bond motifs is 2. The Morgan fingerprint density at radius 1 is 1.14 bits per heavy atom. The smallest absolute Gasteiger partial charge is 0.408 e. The molecule has 3 rings (SSSR count). The van der Waals surface area contributed by atoms with Gasteiger partial charge in [0, 0.05) is 12.5 Å². The minimum Gasteiger partial charge on any atom is -0.444 e. The van der Waals surface area contributed by atoms with Gasteiger partial charge in [-0.3, -0.25) is 19.1 Å². The Balaban J connectivity index is 1.83. The first-order chi connectivity index (χ1) is 16.7. The van der Waals surface area contributed by atoms with Crippen LogP contribution in [0.2, 0.25) is 0 Å². The van der Waals surface area contributed by atoms with Crippen molar-refractivity contribution < 1.29 is 32.3 Å². The lowest BCUT2D eigenvalue weighted by atomic mass is 10.0. The molecule has 0 aromatic carbocycles. The van der Waals surface area contributed by atoms with E-state index in [9.17, 15) is 27.6 Å². The standard InChI is InChI=1S/C24H38N4O7S/c1-23(2,3)35-22(32)25-17-12-9-7-5-6-8-11-16-15-24(16,21(31)27-36(4,33)34)26-19(29)18-13-10-14-28(18)20(17)30/h8,11,16-18H,5-7,9-10,12-15H2,1-4H3,(H,25,32)(H,26,29)(H,27,31)/b11-8-/t16-,17+,18+,24-/m1/s1. The Labute approximate surface area is 212 Å². The van der Waals surface area contributed by atoms with Crippen molar-refractivity contribution in [2.24, 2.45) is 5.92 Å². The van der Waals surface area contributed by atoms with Crippen LogP contribution in [-0.2, 0) is 29.1 Å². The summed E-state index contributed by atoms with van der Waals surface area (Å²) in [5.41, 5.74) is -2.10. The van der Waals surface area contributed by atoms with Gasteiger partial charge in [0.05, 0.1) is 6.26 Å². The molecule has 0 spiro atoms. The largest absolute Gasteiger partial charge is 0.444 e. The second-order valence-corrected chi connectivity index (χ2v) is 12.7. The van der Waals surface area contributed by atoms with Crippen molar-refractivity contribution in [2.45, 2.75) is 95.4 Å². The number of hydrogen-bond donors (Lipinski definition) is 3. The van der Waals surface area contributed by atoms with Gasteiger partial charge in [-0.2, -0.15) is 0 Å². The normalized spacial score (nSPS) is 30.6. The zero-order valence-corrected chi connectivity index (χ0v) is 22.3. The average Bonchev–Trinajstić information content (AvgIpc) is 3.20. The maximum absolute atomic E-state index is 13.5. The summed E-state index contributed by atoms with van der Waals surface area (Å²) in [7, 11) is -3.82. The highest BCUT2D eigenvalue weighted by Crippen LogP contribution is 2.45. The van der Waals surface area contributed by atoms with Crippen molar-refractivity contribution >= 4 is 33.8 Å². The van der Waals surface area contributed by atoms with Crippen LogP contribution in [0.25, 0.3) is 0 Å². The third-order valence-corrected chi connectivity index (χ3v) is 7.16. The molecule has 0 unspecified atom stereocenters. The molecule has 0 aromatic rings. The van der Waals surface area contributed by atoms with Gasteiger partial charge >= 0.3 is 6.09 Å². The summed E-state index contributed by atoms with van der Waals surface area (Å²) in [5, 5.41) is 5.45. The van der Waals surface area contributed by atoms with E-state index in [0.717, 1.165) is 25.5 Å². The van der Waals surface area contributed by atoms with E-state index in [1.807, 2.05) is 16.9 Å². The summed E-state index contributed by atoms with van der Waals surface area (Å²) in [4.78, 5) is 53.6. The molecule has 202 valence electrons. The number of hydrogen-bond acceptors (Lipinski definition) is 7. The summed E-state index contributed by atoms with van der Waals surface area (Å²) < 4.78 is 30.7. The first-order valence-corrected chi connectivity index (χ1v) is 14.4. The number of nitrogens with one attached hydrogen (secondary N) is 3. The van der Waals surface area contributed by atoms with E-state index in [1.165, 1.54) is 4.90 Å². The molecule has 0 aromatic heterocycles. The van der Waals surface area contributed by atoms with E-state index in [-0.39, 0.29) is 18.2 Å². The van der Waals surface area contributed by atoms with Crippen LogP contribution in [0.1, 0.15) is 72.1 Å². The number of rotatable bonds is 3. The van der Waals surface area contributed by atoms with Crippen LogP contribution in [-0.4, -0.2) is 73.2 Å². The molecule has 1 saturated heterocycles.